The molecule has 0 amide bonds. The minimum absolute atomic E-state index is 0.227. The smallest absolute Gasteiger partial charge is 0.320 e. The predicted octanol–water partition coefficient (Wildman–Crippen LogP) is 4.86. The summed E-state index contributed by atoms with van der Waals surface area (Å²) in [7, 11) is 0. The predicted molar refractivity (Wildman–Crippen MR) is 87.1 cm³/mol. The maximum absolute atomic E-state index is 11.3. The molecular formula is C13H11Cl3N2O2S. The van der Waals surface area contributed by atoms with Crippen LogP contribution in [0.2, 0.25) is 0 Å². The van der Waals surface area contributed by atoms with Crippen molar-refractivity contribution in [1.29, 1.82) is 0 Å². The first-order valence-corrected chi connectivity index (χ1v) is 8.03. The second-order valence-electron chi connectivity index (χ2n) is 4.34. The van der Waals surface area contributed by atoms with Crippen LogP contribution in [-0.4, -0.2) is 11.0 Å². The van der Waals surface area contributed by atoms with E-state index in [4.69, 9.17) is 34.8 Å². The van der Waals surface area contributed by atoms with Gasteiger partial charge in [0.15, 0.2) is 10.1 Å². The number of hydrogen-bond donors (Lipinski definition) is 1. The molecule has 0 atom stereocenters. The molecule has 0 saturated heterocycles. The third-order valence-corrected chi connectivity index (χ3v) is 4.61. The zero-order chi connectivity index (χ0) is 15.4. The van der Waals surface area contributed by atoms with Crippen LogP contribution in [0, 0.1) is 10.1 Å². The van der Waals surface area contributed by atoms with Crippen molar-refractivity contribution in [3.05, 3.63) is 60.7 Å². The normalized spacial score (nSPS) is 15.2. The van der Waals surface area contributed by atoms with Gasteiger partial charge in [0.05, 0.1) is 4.92 Å². The molecule has 1 aliphatic rings. The van der Waals surface area contributed by atoms with Crippen molar-refractivity contribution in [2.24, 2.45) is 0 Å². The highest BCUT2D eigenvalue weighted by Crippen LogP contribution is 2.36. The lowest BCUT2D eigenvalue weighted by atomic mass is 10.4. The van der Waals surface area contributed by atoms with Crippen molar-refractivity contribution in [2.75, 3.05) is 0 Å². The van der Waals surface area contributed by atoms with E-state index in [-0.39, 0.29) is 21.3 Å². The fourth-order valence-corrected chi connectivity index (χ4v) is 2.94. The fraction of sp³-hybridized carbons (Fsp3) is 0.231. The summed E-state index contributed by atoms with van der Waals surface area (Å²) in [5.41, 5.74) is -0.308. The zero-order valence-electron chi connectivity index (χ0n) is 10.7. The van der Waals surface area contributed by atoms with Crippen molar-refractivity contribution in [1.82, 2.24) is 5.32 Å². The fourth-order valence-electron chi connectivity index (χ4n) is 1.52. The molecule has 1 aromatic rings. The quantitative estimate of drug-likeness (QED) is 0.338. The monoisotopic (exact) mass is 364 g/mol. The second-order valence-corrected chi connectivity index (χ2v) is 6.75. The maximum Gasteiger partial charge on any atom is 0.320 e. The Morgan fingerprint density at radius 3 is 2.33 bits per heavy atom. The summed E-state index contributed by atoms with van der Waals surface area (Å²) in [5, 5.41) is 14.5. The highest BCUT2D eigenvalue weighted by atomic mass is 35.5. The zero-order valence-corrected chi connectivity index (χ0v) is 13.8. The minimum atomic E-state index is -0.576. The highest BCUT2D eigenvalue weighted by Gasteiger charge is 2.30. The van der Waals surface area contributed by atoms with Crippen LogP contribution in [0.3, 0.4) is 0 Å². The Bertz CT molecular complexity index is 597. The molecule has 1 saturated carbocycles. The Morgan fingerprint density at radius 2 is 1.86 bits per heavy atom. The molecule has 1 aromatic carbocycles. The standard InChI is InChI=1S/C13H11Cl3N2O2S/c14-10(12(15)16)11(18(19)20)13(17-8-6-7-8)21-9-4-2-1-3-5-9/h1-5,8,17H,6-7H2/b13-11+. The Labute approximate surface area is 141 Å². The molecule has 4 nitrogen and oxygen atoms in total. The van der Waals surface area contributed by atoms with Gasteiger partial charge in [0.25, 0.3) is 0 Å². The number of nitrogens with zero attached hydrogens (tertiary/aromatic N) is 1. The first kappa shape index (κ1) is 16.5. The van der Waals surface area contributed by atoms with Gasteiger partial charge >= 0.3 is 5.70 Å². The SMILES string of the molecule is O=[N+]([O-])/C(C(Cl)=C(Cl)Cl)=C(\NC1CC1)Sc1ccccc1. The van der Waals surface area contributed by atoms with Crippen LogP contribution in [0.5, 0.6) is 0 Å². The lowest BCUT2D eigenvalue weighted by molar-refractivity contribution is -0.420. The number of halogens is 3. The highest BCUT2D eigenvalue weighted by molar-refractivity contribution is 8.03. The van der Waals surface area contributed by atoms with Crippen LogP contribution in [0.4, 0.5) is 0 Å². The van der Waals surface area contributed by atoms with Gasteiger partial charge in [-0.2, -0.15) is 0 Å². The van der Waals surface area contributed by atoms with Gasteiger partial charge in [0, 0.05) is 10.9 Å². The van der Waals surface area contributed by atoms with Gasteiger partial charge in [0.2, 0.25) is 0 Å². The number of allylic oxidation sites excluding steroid dienone is 1. The van der Waals surface area contributed by atoms with E-state index in [1.54, 1.807) is 0 Å². The summed E-state index contributed by atoms with van der Waals surface area (Å²) in [4.78, 5) is 11.6. The first-order chi connectivity index (χ1) is 9.99. The van der Waals surface area contributed by atoms with Gasteiger partial charge < -0.3 is 5.32 Å². The van der Waals surface area contributed by atoms with E-state index in [0.717, 1.165) is 17.7 Å². The van der Waals surface area contributed by atoms with Crippen molar-refractivity contribution >= 4 is 46.6 Å². The summed E-state index contributed by atoms with van der Waals surface area (Å²) in [6.45, 7) is 0. The molecule has 8 heteroatoms. The lowest BCUT2D eigenvalue weighted by Gasteiger charge is -2.10. The molecule has 21 heavy (non-hydrogen) atoms. The summed E-state index contributed by atoms with van der Waals surface area (Å²) in [5.74, 6) is 0. The van der Waals surface area contributed by atoms with E-state index >= 15 is 0 Å². The van der Waals surface area contributed by atoms with Gasteiger partial charge in [0.1, 0.15) is 4.49 Å². The van der Waals surface area contributed by atoms with Crippen molar-refractivity contribution in [2.45, 2.75) is 23.8 Å². The van der Waals surface area contributed by atoms with Gasteiger partial charge in [-0.25, -0.2) is 0 Å². The summed E-state index contributed by atoms with van der Waals surface area (Å²) in [6, 6.07) is 9.53. The number of hydrogen-bond acceptors (Lipinski definition) is 4. The molecule has 2 rings (SSSR count). The van der Waals surface area contributed by atoms with Gasteiger partial charge in [-0.1, -0.05) is 64.8 Å². The third kappa shape index (κ3) is 4.81. The van der Waals surface area contributed by atoms with Crippen LogP contribution in [0.15, 0.2) is 55.5 Å². The van der Waals surface area contributed by atoms with E-state index in [9.17, 15) is 10.1 Å². The average molecular weight is 366 g/mol. The molecule has 0 heterocycles. The van der Waals surface area contributed by atoms with E-state index in [0.29, 0.717) is 5.03 Å². The Kier molecular flexibility index (Phi) is 5.81. The third-order valence-electron chi connectivity index (χ3n) is 2.65. The Hall–Kier alpha value is -0.880. The Morgan fingerprint density at radius 1 is 1.24 bits per heavy atom. The molecule has 112 valence electrons. The number of nitro groups is 1. The van der Waals surface area contributed by atoms with E-state index < -0.39 is 4.92 Å². The van der Waals surface area contributed by atoms with Gasteiger partial charge in [-0.15, -0.1) is 0 Å². The lowest BCUT2D eigenvalue weighted by Crippen LogP contribution is -2.18. The topological polar surface area (TPSA) is 55.2 Å². The molecule has 0 unspecified atom stereocenters. The molecule has 0 aliphatic heterocycles. The van der Waals surface area contributed by atoms with E-state index in [1.807, 2.05) is 30.3 Å². The molecule has 0 spiro atoms. The van der Waals surface area contributed by atoms with Crippen LogP contribution in [-0.2, 0) is 0 Å². The van der Waals surface area contributed by atoms with Crippen molar-refractivity contribution in [3.63, 3.8) is 0 Å². The molecule has 1 fully saturated rings. The Balaban J connectivity index is 2.41. The van der Waals surface area contributed by atoms with Gasteiger partial charge in [-0.3, -0.25) is 10.1 Å². The minimum Gasteiger partial charge on any atom is -0.371 e. The van der Waals surface area contributed by atoms with Crippen molar-refractivity contribution < 1.29 is 4.92 Å². The molecule has 0 radical (unpaired) electrons. The van der Waals surface area contributed by atoms with Crippen molar-refractivity contribution in [3.8, 4) is 0 Å². The number of thioether (sulfide) groups is 1. The molecular weight excluding hydrogens is 355 g/mol. The number of benzene rings is 1. The first-order valence-electron chi connectivity index (χ1n) is 6.08. The molecule has 1 N–H and O–H groups in total. The molecule has 0 aromatic heterocycles. The summed E-state index contributed by atoms with van der Waals surface area (Å²) in [6.07, 6.45) is 1.94. The maximum atomic E-state index is 11.3. The summed E-state index contributed by atoms with van der Waals surface area (Å²) >= 11 is 18.3. The van der Waals surface area contributed by atoms with Crippen LogP contribution in [0.25, 0.3) is 0 Å². The molecule has 0 bridgehead atoms. The average Bonchev–Trinajstić information content (AvgIpc) is 3.23. The van der Waals surface area contributed by atoms with Crippen LogP contribution >= 0.6 is 46.6 Å². The largest absolute Gasteiger partial charge is 0.371 e. The molecule has 1 aliphatic carbocycles. The second kappa shape index (κ2) is 7.40. The van der Waals surface area contributed by atoms with Crippen LogP contribution < -0.4 is 5.32 Å². The van der Waals surface area contributed by atoms with E-state index in [2.05, 4.69) is 5.32 Å². The number of nitrogens with one attached hydrogen (secondary N) is 1. The van der Waals surface area contributed by atoms with Gasteiger partial charge in [-0.05, 0) is 25.0 Å². The number of rotatable bonds is 6. The van der Waals surface area contributed by atoms with E-state index in [1.165, 1.54) is 11.8 Å². The van der Waals surface area contributed by atoms with Crippen LogP contribution in [0.1, 0.15) is 12.8 Å². The summed E-state index contributed by atoms with van der Waals surface area (Å²) < 4.78 is -0.327.